The minimum absolute atomic E-state index is 0.185. The van der Waals surface area contributed by atoms with Crippen LogP contribution < -0.4 is 0 Å². The van der Waals surface area contributed by atoms with Crippen LogP contribution in [0, 0.1) is 19.8 Å². The van der Waals surface area contributed by atoms with Gasteiger partial charge in [-0.15, -0.1) is 11.3 Å². The molecule has 1 atom stereocenters. The van der Waals surface area contributed by atoms with Gasteiger partial charge in [0.05, 0.1) is 12.0 Å². The quantitative estimate of drug-likeness (QED) is 0.911. The van der Waals surface area contributed by atoms with E-state index in [9.17, 15) is 9.90 Å². The van der Waals surface area contributed by atoms with Crippen LogP contribution in [-0.2, 0) is 4.79 Å². The van der Waals surface area contributed by atoms with Gasteiger partial charge in [-0.05, 0) is 62.4 Å². The smallest absolute Gasteiger partial charge is 0.306 e. The second-order valence-electron chi connectivity index (χ2n) is 6.49. The summed E-state index contributed by atoms with van der Waals surface area (Å²) in [7, 11) is 0. The van der Waals surface area contributed by atoms with Gasteiger partial charge in [-0.25, -0.2) is 0 Å². The van der Waals surface area contributed by atoms with Crippen LogP contribution in [0.4, 0.5) is 0 Å². The van der Waals surface area contributed by atoms with Crippen LogP contribution in [0.5, 0.6) is 0 Å². The fraction of sp³-hybridized carbons (Fsp3) is 0.421. The van der Waals surface area contributed by atoms with Crippen molar-refractivity contribution < 1.29 is 9.90 Å². The van der Waals surface area contributed by atoms with Gasteiger partial charge in [0.25, 0.3) is 0 Å². The van der Waals surface area contributed by atoms with E-state index in [1.165, 1.54) is 21.6 Å². The Balaban J connectivity index is 1.87. The number of aryl methyl sites for hydroxylation is 2. The number of piperidine rings is 1. The van der Waals surface area contributed by atoms with Crippen LogP contribution in [0.25, 0.3) is 0 Å². The molecule has 1 N–H and O–H groups in total. The van der Waals surface area contributed by atoms with Crippen molar-refractivity contribution in [2.24, 2.45) is 5.92 Å². The summed E-state index contributed by atoms with van der Waals surface area (Å²) in [5.74, 6) is -0.835. The molecule has 4 heteroatoms. The van der Waals surface area contributed by atoms with E-state index in [4.69, 9.17) is 0 Å². The number of hydrogen-bond donors (Lipinski definition) is 1. The highest BCUT2D eigenvalue weighted by Gasteiger charge is 2.30. The molecular formula is C19H23NO2S. The highest BCUT2D eigenvalue weighted by atomic mass is 32.1. The molecule has 0 bridgehead atoms. The molecule has 0 amide bonds. The number of thiophene rings is 1. The van der Waals surface area contributed by atoms with Crippen molar-refractivity contribution in [2.75, 3.05) is 13.1 Å². The van der Waals surface area contributed by atoms with Crippen LogP contribution >= 0.6 is 11.3 Å². The summed E-state index contributed by atoms with van der Waals surface area (Å²) in [5.41, 5.74) is 3.85. The number of aliphatic carboxylic acids is 1. The van der Waals surface area contributed by atoms with Gasteiger partial charge in [0, 0.05) is 4.88 Å². The average molecular weight is 329 g/mol. The molecule has 1 aromatic carbocycles. The zero-order chi connectivity index (χ0) is 16.4. The van der Waals surface area contributed by atoms with Crippen molar-refractivity contribution in [2.45, 2.75) is 32.7 Å². The topological polar surface area (TPSA) is 40.5 Å². The van der Waals surface area contributed by atoms with Gasteiger partial charge < -0.3 is 5.11 Å². The molecule has 0 saturated carbocycles. The fourth-order valence-corrected chi connectivity index (χ4v) is 4.36. The normalized spacial score (nSPS) is 18.0. The molecule has 2 heterocycles. The van der Waals surface area contributed by atoms with E-state index in [0.29, 0.717) is 0 Å². The first-order valence-electron chi connectivity index (χ1n) is 8.13. The molecular weight excluding hydrogens is 306 g/mol. The SMILES string of the molecule is Cc1ccc(C(c2cc(C)cs2)N2CCC(C(=O)O)CC2)cc1. The largest absolute Gasteiger partial charge is 0.481 e. The van der Waals surface area contributed by atoms with Gasteiger partial charge in [-0.3, -0.25) is 9.69 Å². The van der Waals surface area contributed by atoms with E-state index in [0.717, 1.165) is 25.9 Å². The molecule has 0 aliphatic carbocycles. The van der Waals surface area contributed by atoms with Gasteiger partial charge in [0.2, 0.25) is 0 Å². The molecule has 2 aromatic rings. The lowest BCUT2D eigenvalue weighted by atomic mass is 9.93. The molecule has 1 fully saturated rings. The van der Waals surface area contributed by atoms with E-state index < -0.39 is 5.97 Å². The zero-order valence-electron chi connectivity index (χ0n) is 13.7. The molecule has 23 heavy (non-hydrogen) atoms. The predicted molar refractivity (Wildman–Crippen MR) is 94.0 cm³/mol. The highest BCUT2D eigenvalue weighted by molar-refractivity contribution is 7.10. The fourth-order valence-electron chi connectivity index (χ4n) is 3.31. The van der Waals surface area contributed by atoms with Gasteiger partial charge in [-0.2, -0.15) is 0 Å². The number of carboxylic acid groups (broad SMARTS) is 1. The van der Waals surface area contributed by atoms with Crippen LogP contribution in [-0.4, -0.2) is 29.1 Å². The van der Waals surface area contributed by atoms with Crippen LogP contribution in [0.1, 0.15) is 40.5 Å². The summed E-state index contributed by atoms with van der Waals surface area (Å²) in [4.78, 5) is 15.0. The molecule has 3 nitrogen and oxygen atoms in total. The number of rotatable bonds is 4. The van der Waals surface area contributed by atoms with E-state index >= 15 is 0 Å². The van der Waals surface area contributed by atoms with Crippen molar-refractivity contribution in [3.63, 3.8) is 0 Å². The molecule has 3 rings (SSSR count). The van der Waals surface area contributed by atoms with E-state index in [2.05, 4.69) is 54.5 Å². The Morgan fingerprint density at radius 2 is 1.83 bits per heavy atom. The lowest BCUT2D eigenvalue weighted by Gasteiger charge is -2.36. The van der Waals surface area contributed by atoms with Crippen LogP contribution in [0.3, 0.4) is 0 Å². The molecule has 1 aromatic heterocycles. The first-order chi connectivity index (χ1) is 11.0. The lowest BCUT2D eigenvalue weighted by molar-refractivity contribution is -0.143. The first-order valence-corrected chi connectivity index (χ1v) is 9.01. The average Bonchev–Trinajstić information content (AvgIpc) is 2.96. The Labute approximate surface area is 141 Å². The van der Waals surface area contributed by atoms with Crippen molar-refractivity contribution in [1.82, 2.24) is 4.90 Å². The maximum absolute atomic E-state index is 11.2. The number of hydrogen-bond acceptors (Lipinski definition) is 3. The third-order valence-electron chi connectivity index (χ3n) is 4.66. The van der Waals surface area contributed by atoms with Gasteiger partial charge >= 0.3 is 5.97 Å². The molecule has 1 aliphatic rings. The van der Waals surface area contributed by atoms with Crippen LogP contribution in [0.15, 0.2) is 35.7 Å². The lowest BCUT2D eigenvalue weighted by Crippen LogP contribution is -2.39. The van der Waals surface area contributed by atoms with Gasteiger partial charge in [-0.1, -0.05) is 29.8 Å². The summed E-state index contributed by atoms with van der Waals surface area (Å²) < 4.78 is 0. The maximum atomic E-state index is 11.2. The zero-order valence-corrected chi connectivity index (χ0v) is 14.5. The Morgan fingerprint density at radius 3 is 2.35 bits per heavy atom. The number of carboxylic acids is 1. The van der Waals surface area contributed by atoms with Gasteiger partial charge in [0.1, 0.15) is 0 Å². The highest BCUT2D eigenvalue weighted by Crippen LogP contribution is 2.35. The summed E-state index contributed by atoms with van der Waals surface area (Å²) in [5, 5.41) is 11.4. The number of benzene rings is 1. The Morgan fingerprint density at radius 1 is 1.17 bits per heavy atom. The summed E-state index contributed by atoms with van der Waals surface area (Å²) in [6, 6.07) is 11.2. The second kappa shape index (κ2) is 6.85. The third kappa shape index (κ3) is 3.65. The number of nitrogens with zero attached hydrogens (tertiary/aromatic N) is 1. The maximum Gasteiger partial charge on any atom is 0.306 e. The van der Waals surface area contributed by atoms with Crippen molar-refractivity contribution >= 4 is 17.3 Å². The molecule has 1 aliphatic heterocycles. The first kappa shape index (κ1) is 16.2. The minimum atomic E-state index is -0.650. The standard InChI is InChI=1S/C19H23NO2S/c1-13-3-5-15(6-4-13)18(17-11-14(2)12-23-17)20-9-7-16(8-10-20)19(21)22/h3-6,11-12,16,18H,7-10H2,1-2H3,(H,21,22). The van der Waals surface area contributed by atoms with Crippen LogP contribution in [0.2, 0.25) is 0 Å². The number of likely N-dealkylation sites (tertiary alicyclic amines) is 1. The van der Waals surface area contributed by atoms with E-state index in [-0.39, 0.29) is 12.0 Å². The third-order valence-corrected chi connectivity index (χ3v) is 5.76. The minimum Gasteiger partial charge on any atom is -0.481 e. The summed E-state index contributed by atoms with van der Waals surface area (Å²) in [6.07, 6.45) is 1.48. The van der Waals surface area contributed by atoms with Crippen molar-refractivity contribution in [3.05, 3.63) is 57.3 Å². The molecule has 0 spiro atoms. The monoisotopic (exact) mass is 329 g/mol. The molecule has 0 radical (unpaired) electrons. The van der Waals surface area contributed by atoms with E-state index in [1.54, 1.807) is 11.3 Å². The second-order valence-corrected chi connectivity index (χ2v) is 7.43. The van der Waals surface area contributed by atoms with E-state index in [1.807, 2.05) is 0 Å². The van der Waals surface area contributed by atoms with Crippen molar-refractivity contribution in [3.8, 4) is 0 Å². The summed E-state index contributed by atoms with van der Waals surface area (Å²) in [6.45, 7) is 5.91. The van der Waals surface area contributed by atoms with Crippen molar-refractivity contribution in [1.29, 1.82) is 0 Å². The number of carbonyl (C=O) groups is 1. The summed E-state index contributed by atoms with van der Waals surface area (Å²) >= 11 is 1.80. The Hall–Kier alpha value is -1.65. The molecule has 122 valence electrons. The van der Waals surface area contributed by atoms with Gasteiger partial charge in [0.15, 0.2) is 0 Å². The predicted octanol–water partition coefficient (Wildman–Crippen LogP) is 4.25. The molecule has 1 saturated heterocycles. The molecule has 1 unspecified atom stereocenters. The Bertz CT molecular complexity index is 669. The Kier molecular flexibility index (Phi) is 4.83.